The maximum Gasteiger partial charge on any atom is 0.223 e. The molecule has 0 radical (unpaired) electrons. The molecule has 1 aliphatic heterocycles. The lowest BCUT2D eigenvalue weighted by Crippen LogP contribution is -2.32. The van der Waals surface area contributed by atoms with Crippen LogP contribution in [-0.4, -0.2) is 23.9 Å². The summed E-state index contributed by atoms with van der Waals surface area (Å²) in [5, 5.41) is 3.09. The van der Waals surface area contributed by atoms with Crippen molar-refractivity contribution in [3.63, 3.8) is 0 Å². The van der Waals surface area contributed by atoms with Crippen molar-refractivity contribution in [1.29, 1.82) is 0 Å². The number of benzene rings is 1. The van der Waals surface area contributed by atoms with E-state index in [1.807, 2.05) is 0 Å². The molecule has 0 saturated carbocycles. The molecule has 1 saturated heterocycles. The summed E-state index contributed by atoms with van der Waals surface area (Å²) in [6, 6.07) is 8.73. The second-order valence-electron chi connectivity index (χ2n) is 7.47. The first-order valence-electron chi connectivity index (χ1n) is 9.43. The highest BCUT2D eigenvalue weighted by molar-refractivity contribution is 5.78. The van der Waals surface area contributed by atoms with Gasteiger partial charge in [0.2, 0.25) is 5.91 Å². The standard InChI is InChI=1S/C21H30N2O/c1-17-11-13-23(14-12-17)16-19-9-7-18(8-10-19)15-22-21(24)20-5-3-2-4-6-20/h2-3,7-10,17,20H,4-6,11-16H2,1H3,(H,22,24)/t20-/m0/s1. The lowest BCUT2D eigenvalue weighted by Gasteiger charge is -2.30. The van der Waals surface area contributed by atoms with Gasteiger partial charge < -0.3 is 5.32 Å². The van der Waals surface area contributed by atoms with Crippen molar-refractivity contribution in [1.82, 2.24) is 10.2 Å². The molecule has 0 spiro atoms. The van der Waals surface area contributed by atoms with Crippen molar-refractivity contribution in [3.8, 4) is 0 Å². The van der Waals surface area contributed by atoms with Gasteiger partial charge in [0.05, 0.1) is 0 Å². The monoisotopic (exact) mass is 326 g/mol. The zero-order valence-electron chi connectivity index (χ0n) is 14.8. The van der Waals surface area contributed by atoms with Crippen LogP contribution < -0.4 is 5.32 Å². The second kappa shape index (κ2) is 8.48. The van der Waals surface area contributed by atoms with Gasteiger partial charge >= 0.3 is 0 Å². The Balaban J connectivity index is 1.44. The number of allylic oxidation sites excluding steroid dienone is 2. The van der Waals surface area contributed by atoms with Gasteiger partial charge in [-0.3, -0.25) is 9.69 Å². The van der Waals surface area contributed by atoms with Gasteiger partial charge in [0, 0.05) is 19.0 Å². The molecule has 3 rings (SSSR count). The van der Waals surface area contributed by atoms with E-state index in [4.69, 9.17) is 0 Å². The lowest BCUT2D eigenvalue weighted by atomic mass is 9.93. The second-order valence-corrected chi connectivity index (χ2v) is 7.47. The van der Waals surface area contributed by atoms with Crippen LogP contribution in [0.5, 0.6) is 0 Å². The zero-order valence-corrected chi connectivity index (χ0v) is 14.8. The van der Waals surface area contributed by atoms with Crippen molar-refractivity contribution < 1.29 is 4.79 Å². The van der Waals surface area contributed by atoms with Crippen LogP contribution in [0, 0.1) is 11.8 Å². The minimum atomic E-state index is 0.163. The van der Waals surface area contributed by atoms with E-state index in [-0.39, 0.29) is 11.8 Å². The molecular formula is C21H30N2O. The quantitative estimate of drug-likeness (QED) is 0.833. The molecule has 1 aliphatic carbocycles. The van der Waals surface area contributed by atoms with Crippen LogP contribution in [0.15, 0.2) is 36.4 Å². The van der Waals surface area contributed by atoms with E-state index in [1.54, 1.807) is 0 Å². The number of rotatable bonds is 5. The number of nitrogens with zero attached hydrogens (tertiary/aromatic N) is 1. The number of hydrogen-bond donors (Lipinski definition) is 1. The summed E-state index contributed by atoms with van der Waals surface area (Å²) in [6.07, 6.45) is 9.84. The van der Waals surface area contributed by atoms with E-state index in [1.165, 1.54) is 37.1 Å². The fourth-order valence-corrected chi connectivity index (χ4v) is 3.61. The summed E-state index contributed by atoms with van der Waals surface area (Å²) in [5.41, 5.74) is 2.56. The smallest absolute Gasteiger partial charge is 0.223 e. The van der Waals surface area contributed by atoms with Crippen LogP contribution in [0.3, 0.4) is 0 Å². The highest BCUT2D eigenvalue weighted by Gasteiger charge is 2.18. The van der Waals surface area contributed by atoms with Crippen LogP contribution in [0.25, 0.3) is 0 Å². The highest BCUT2D eigenvalue weighted by Crippen LogP contribution is 2.19. The number of carbonyl (C=O) groups excluding carboxylic acids is 1. The Labute approximate surface area is 146 Å². The summed E-state index contributed by atoms with van der Waals surface area (Å²) >= 11 is 0. The third kappa shape index (κ3) is 4.94. The minimum Gasteiger partial charge on any atom is -0.352 e. The summed E-state index contributed by atoms with van der Waals surface area (Å²) in [5.74, 6) is 1.24. The average molecular weight is 326 g/mol. The van der Waals surface area contributed by atoms with E-state index >= 15 is 0 Å². The first-order chi connectivity index (χ1) is 11.7. The fourth-order valence-electron chi connectivity index (χ4n) is 3.61. The average Bonchev–Trinajstić information content (AvgIpc) is 2.63. The van der Waals surface area contributed by atoms with Crippen LogP contribution in [0.1, 0.15) is 50.2 Å². The molecule has 130 valence electrons. The van der Waals surface area contributed by atoms with Crippen molar-refractivity contribution in [2.75, 3.05) is 13.1 Å². The minimum absolute atomic E-state index is 0.163. The van der Waals surface area contributed by atoms with Gasteiger partial charge in [-0.25, -0.2) is 0 Å². The van der Waals surface area contributed by atoms with Crippen molar-refractivity contribution in [2.45, 2.75) is 52.1 Å². The Morgan fingerprint density at radius 1 is 1.08 bits per heavy atom. The molecule has 3 nitrogen and oxygen atoms in total. The SMILES string of the molecule is CC1CCN(Cc2ccc(CNC(=O)[C@H]3CC=CCC3)cc2)CC1. The van der Waals surface area contributed by atoms with E-state index in [0.29, 0.717) is 6.54 Å². The van der Waals surface area contributed by atoms with Crippen molar-refractivity contribution in [3.05, 3.63) is 47.5 Å². The van der Waals surface area contributed by atoms with Gasteiger partial charge in [-0.2, -0.15) is 0 Å². The van der Waals surface area contributed by atoms with Gasteiger partial charge in [-0.05, 0) is 62.2 Å². The third-order valence-electron chi connectivity index (χ3n) is 5.41. The number of likely N-dealkylation sites (tertiary alicyclic amines) is 1. The maximum absolute atomic E-state index is 12.2. The Morgan fingerprint density at radius 3 is 2.46 bits per heavy atom. The van der Waals surface area contributed by atoms with Crippen molar-refractivity contribution in [2.24, 2.45) is 11.8 Å². The number of amides is 1. The van der Waals surface area contributed by atoms with Gasteiger partial charge in [-0.1, -0.05) is 43.3 Å². The number of carbonyl (C=O) groups is 1. The number of hydrogen-bond acceptors (Lipinski definition) is 2. The molecule has 1 amide bonds. The molecule has 3 heteroatoms. The van der Waals surface area contributed by atoms with E-state index in [2.05, 4.69) is 53.6 Å². The van der Waals surface area contributed by atoms with Gasteiger partial charge in [0.25, 0.3) is 0 Å². The number of nitrogens with one attached hydrogen (secondary N) is 1. The molecule has 0 unspecified atom stereocenters. The predicted octanol–water partition coefficient (Wildman–Crippen LogP) is 3.89. The molecule has 1 heterocycles. The summed E-state index contributed by atoms with van der Waals surface area (Å²) in [7, 11) is 0. The molecule has 1 fully saturated rings. The molecule has 1 atom stereocenters. The maximum atomic E-state index is 12.2. The molecule has 1 aromatic rings. The summed E-state index contributed by atoms with van der Waals surface area (Å²) < 4.78 is 0. The molecule has 2 aliphatic rings. The number of piperidine rings is 1. The molecule has 1 aromatic carbocycles. The Morgan fingerprint density at radius 2 is 1.79 bits per heavy atom. The summed E-state index contributed by atoms with van der Waals surface area (Å²) in [4.78, 5) is 14.7. The molecule has 0 aromatic heterocycles. The first-order valence-corrected chi connectivity index (χ1v) is 9.43. The zero-order chi connectivity index (χ0) is 16.8. The predicted molar refractivity (Wildman–Crippen MR) is 98.4 cm³/mol. The van der Waals surface area contributed by atoms with E-state index in [9.17, 15) is 4.79 Å². The lowest BCUT2D eigenvalue weighted by molar-refractivity contribution is -0.125. The molecular weight excluding hydrogens is 296 g/mol. The molecule has 24 heavy (non-hydrogen) atoms. The Kier molecular flexibility index (Phi) is 6.08. The topological polar surface area (TPSA) is 32.3 Å². The third-order valence-corrected chi connectivity index (χ3v) is 5.41. The van der Waals surface area contributed by atoms with Gasteiger partial charge in [0.15, 0.2) is 0 Å². The van der Waals surface area contributed by atoms with E-state index < -0.39 is 0 Å². The largest absolute Gasteiger partial charge is 0.352 e. The normalized spacial score (nSPS) is 22.5. The highest BCUT2D eigenvalue weighted by atomic mass is 16.1. The van der Waals surface area contributed by atoms with Gasteiger partial charge in [-0.15, -0.1) is 0 Å². The van der Waals surface area contributed by atoms with E-state index in [0.717, 1.165) is 31.7 Å². The Bertz CT molecular complexity index is 556. The van der Waals surface area contributed by atoms with Gasteiger partial charge in [0.1, 0.15) is 0 Å². The van der Waals surface area contributed by atoms with Crippen LogP contribution in [0.4, 0.5) is 0 Å². The summed E-state index contributed by atoms with van der Waals surface area (Å²) in [6.45, 7) is 6.47. The van der Waals surface area contributed by atoms with Crippen LogP contribution in [-0.2, 0) is 17.9 Å². The molecule has 1 N–H and O–H groups in total. The van der Waals surface area contributed by atoms with Crippen molar-refractivity contribution >= 4 is 5.91 Å². The molecule has 0 bridgehead atoms. The fraction of sp³-hybridized carbons (Fsp3) is 0.571. The first kappa shape index (κ1) is 17.2. The Hall–Kier alpha value is -1.61. The van der Waals surface area contributed by atoms with Crippen LogP contribution in [0.2, 0.25) is 0 Å². The van der Waals surface area contributed by atoms with Crippen LogP contribution >= 0.6 is 0 Å².